The van der Waals surface area contributed by atoms with E-state index in [0.29, 0.717) is 6.42 Å². The summed E-state index contributed by atoms with van der Waals surface area (Å²) in [7, 11) is 3.26. The molecule has 1 aliphatic heterocycles. The van der Waals surface area contributed by atoms with Gasteiger partial charge in [0, 0.05) is 24.7 Å². The summed E-state index contributed by atoms with van der Waals surface area (Å²) in [5.41, 5.74) is 2.10. The Hall–Kier alpha value is -1.52. The minimum atomic E-state index is -0.297. The fraction of sp³-hybridized carbons (Fsp3) is 0.429. The summed E-state index contributed by atoms with van der Waals surface area (Å²) in [6.45, 7) is 2.20. The molecule has 0 bridgehead atoms. The summed E-state index contributed by atoms with van der Waals surface area (Å²) < 4.78 is 21.4. The number of ether oxygens (including phenoxy) is 4. The highest BCUT2D eigenvalue weighted by Crippen LogP contribution is 2.39. The molecule has 1 aromatic carbocycles. The maximum Gasteiger partial charge on any atom is 0.206 e. The minimum absolute atomic E-state index is 0.225. The second-order valence-electron chi connectivity index (χ2n) is 3.99. The van der Waals surface area contributed by atoms with E-state index in [9.17, 15) is 0 Å². The molecule has 4 nitrogen and oxygen atoms in total. The maximum atomic E-state index is 5.68. The smallest absolute Gasteiger partial charge is 0.206 e. The molecule has 2 rings (SSSR count). The molecule has 1 aliphatic rings. The first-order valence-corrected chi connectivity index (χ1v) is 5.90. The molecule has 0 saturated heterocycles. The van der Waals surface area contributed by atoms with Gasteiger partial charge < -0.3 is 18.9 Å². The number of methoxy groups -OCH3 is 2. The van der Waals surface area contributed by atoms with Crippen LogP contribution in [0.5, 0.6) is 11.5 Å². The van der Waals surface area contributed by atoms with Crippen LogP contribution in [0.3, 0.4) is 0 Å². The molecule has 0 aromatic heterocycles. The van der Waals surface area contributed by atoms with Gasteiger partial charge in [0.15, 0.2) is 6.79 Å². The monoisotopic (exact) mass is 250 g/mol. The molecular formula is C14H18O4. The number of hydrogen-bond donors (Lipinski definition) is 0. The zero-order valence-corrected chi connectivity index (χ0v) is 10.9. The zero-order chi connectivity index (χ0) is 13.0. The van der Waals surface area contributed by atoms with Gasteiger partial charge in [0.25, 0.3) is 0 Å². The molecule has 0 saturated carbocycles. The molecule has 0 spiro atoms. The topological polar surface area (TPSA) is 36.9 Å². The Labute approximate surface area is 107 Å². The molecule has 1 heterocycles. The lowest BCUT2D eigenvalue weighted by Crippen LogP contribution is -2.18. The van der Waals surface area contributed by atoms with Crippen LogP contribution in [0.2, 0.25) is 0 Å². The van der Waals surface area contributed by atoms with Gasteiger partial charge in [-0.2, -0.15) is 0 Å². The minimum Gasteiger partial charge on any atom is -0.496 e. The highest BCUT2D eigenvalue weighted by Gasteiger charge is 2.27. The van der Waals surface area contributed by atoms with E-state index in [1.807, 2.05) is 31.2 Å². The number of hydrogen-bond acceptors (Lipinski definition) is 4. The fourth-order valence-electron chi connectivity index (χ4n) is 2.07. The lowest BCUT2D eigenvalue weighted by molar-refractivity contribution is -0.138. The average molecular weight is 250 g/mol. The molecule has 4 heteroatoms. The molecule has 98 valence electrons. The first kappa shape index (κ1) is 12.9. The highest BCUT2D eigenvalue weighted by atomic mass is 16.7. The molecule has 0 N–H and O–H groups in total. The molecule has 0 fully saturated rings. The third-order valence-electron chi connectivity index (χ3n) is 2.80. The molecule has 18 heavy (non-hydrogen) atoms. The number of benzene rings is 1. The third kappa shape index (κ3) is 2.49. The molecule has 1 atom stereocenters. The van der Waals surface area contributed by atoms with Crippen molar-refractivity contribution in [2.75, 3.05) is 21.0 Å². The predicted molar refractivity (Wildman–Crippen MR) is 68.8 cm³/mol. The van der Waals surface area contributed by atoms with E-state index >= 15 is 0 Å². The lowest BCUT2D eigenvalue weighted by Gasteiger charge is -2.10. The Bertz CT molecular complexity index is 440. The Balaban J connectivity index is 2.23. The third-order valence-corrected chi connectivity index (χ3v) is 2.80. The van der Waals surface area contributed by atoms with E-state index in [4.69, 9.17) is 18.9 Å². The van der Waals surface area contributed by atoms with Crippen molar-refractivity contribution in [3.8, 4) is 11.5 Å². The van der Waals surface area contributed by atoms with Crippen LogP contribution in [0, 0.1) is 0 Å². The van der Waals surface area contributed by atoms with Gasteiger partial charge in [-0.05, 0) is 19.1 Å². The number of fused-ring (bicyclic) bond motifs is 1. The number of rotatable bonds is 5. The van der Waals surface area contributed by atoms with E-state index < -0.39 is 0 Å². The van der Waals surface area contributed by atoms with Gasteiger partial charge >= 0.3 is 0 Å². The van der Waals surface area contributed by atoms with Crippen LogP contribution in [0.1, 0.15) is 18.1 Å². The van der Waals surface area contributed by atoms with E-state index in [1.165, 1.54) is 0 Å². The van der Waals surface area contributed by atoms with Gasteiger partial charge in [-0.1, -0.05) is 12.2 Å². The predicted octanol–water partition coefficient (Wildman–Crippen LogP) is 2.61. The van der Waals surface area contributed by atoms with E-state index in [1.54, 1.807) is 14.2 Å². The molecule has 0 radical (unpaired) electrons. The van der Waals surface area contributed by atoms with E-state index in [0.717, 1.165) is 22.6 Å². The van der Waals surface area contributed by atoms with Crippen LogP contribution in [-0.4, -0.2) is 27.3 Å². The SMILES string of the molecule is C/C=C\c1ccc2c(c1OC)CC(OCOC)O2. The average Bonchev–Trinajstić information content (AvgIpc) is 2.79. The van der Waals surface area contributed by atoms with Gasteiger partial charge in [-0.15, -0.1) is 0 Å². The summed E-state index contributed by atoms with van der Waals surface area (Å²) in [6.07, 6.45) is 4.38. The summed E-state index contributed by atoms with van der Waals surface area (Å²) in [6, 6.07) is 3.93. The largest absolute Gasteiger partial charge is 0.496 e. The molecular weight excluding hydrogens is 232 g/mol. The maximum absolute atomic E-state index is 5.68. The van der Waals surface area contributed by atoms with Crippen LogP contribution in [0.4, 0.5) is 0 Å². The van der Waals surface area contributed by atoms with Crippen LogP contribution in [0.25, 0.3) is 6.08 Å². The van der Waals surface area contributed by atoms with Crippen molar-refractivity contribution in [3.63, 3.8) is 0 Å². The normalized spacial score (nSPS) is 17.8. The summed E-state index contributed by atoms with van der Waals surface area (Å²) in [4.78, 5) is 0. The molecule has 1 aromatic rings. The van der Waals surface area contributed by atoms with Crippen molar-refractivity contribution < 1.29 is 18.9 Å². The fourth-order valence-corrected chi connectivity index (χ4v) is 2.07. The van der Waals surface area contributed by atoms with Gasteiger partial charge in [0.1, 0.15) is 11.5 Å². The second-order valence-corrected chi connectivity index (χ2v) is 3.99. The van der Waals surface area contributed by atoms with Gasteiger partial charge in [-0.25, -0.2) is 0 Å². The lowest BCUT2D eigenvalue weighted by atomic mass is 10.1. The Kier molecular flexibility index (Phi) is 4.23. The molecule has 0 aliphatic carbocycles. The van der Waals surface area contributed by atoms with Gasteiger partial charge in [0.05, 0.1) is 7.11 Å². The Morgan fingerprint density at radius 1 is 1.39 bits per heavy atom. The highest BCUT2D eigenvalue weighted by molar-refractivity contribution is 5.64. The molecule has 0 amide bonds. The van der Waals surface area contributed by atoms with Crippen LogP contribution >= 0.6 is 0 Å². The van der Waals surface area contributed by atoms with Crippen molar-refractivity contribution in [3.05, 3.63) is 29.3 Å². The Morgan fingerprint density at radius 3 is 2.89 bits per heavy atom. The van der Waals surface area contributed by atoms with Crippen LogP contribution < -0.4 is 9.47 Å². The van der Waals surface area contributed by atoms with E-state index in [2.05, 4.69) is 0 Å². The number of allylic oxidation sites excluding steroid dienone is 1. The molecule has 1 unspecified atom stereocenters. The van der Waals surface area contributed by atoms with Crippen molar-refractivity contribution in [2.24, 2.45) is 0 Å². The standard InChI is InChI=1S/C14H18O4/c1-4-5-10-6-7-12-11(14(10)16-3)8-13(18-12)17-9-15-2/h4-7,13H,8-9H2,1-3H3/b5-4-. The Morgan fingerprint density at radius 2 is 2.22 bits per heavy atom. The first-order valence-electron chi connectivity index (χ1n) is 5.90. The summed E-state index contributed by atoms with van der Waals surface area (Å²) in [5, 5.41) is 0. The first-order chi connectivity index (χ1) is 8.80. The summed E-state index contributed by atoms with van der Waals surface area (Å²) in [5.74, 6) is 1.68. The van der Waals surface area contributed by atoms with Gasteiger partial charge in [-0.3, -0.25) is 0 Å². The van der Waals surface area contributed by atoms with Crippen molar-refractivity contribution in [2.45, 2.75) is 19.6 Å². The van der Waals surface area contributed by atoms with Crippen molar-refractivity contribution in [1.29, 1.82) is 0 Å². The van der Waals surface area contributed by atoms with Crippen molar-refractivity contribution >= 4 is 6.08 Å². The van der Waals surface area contributed by atoms with Crippen molar-refractivity contribution in [1.82, 2.24) is 0 Å². The van der Waals surface area contributed by atoms with Crippen LogP contribution in [-0.2, 0) is 15.9 Å². The van der Waals surface area contributed by atoms with Crippen LogP contribution in [0.15, 0.2) is 18.2 Å². The second kappa shape index (κ2) is 5.89. The zero-order valence-electron chi connectivity index (χ0n) is 10.9. The van der Waals surface area contributed by atoms with Gasteiger partial charge in [0.2, 0.25) is 6.29 Å². The summed E-state index contributed by atoms with van der Waals surface area (Å²) >= 11 is 0. The quantitative estimate of drug-likeness (QED) is 0.753. The van der Waals surface area contributed by atoms with E-state index in [-0.39, 0.29) is 13.1 Å².